The van der Waals surface area contributed by atoms with Gasteiger partial charge in [-0.05, 0) is 25.2 Å². The summed E-state index contributed by atoms with van der Waals surface area (Å²) in [5.74, 6) is 2.97. The molecule has 0 saturated carbocycles. The van der Waals surface area contributed by atoms with Crippen molar-refractivity contribution in [1.82, 2.24) is 9.97 Å². The predicted molar refractivity (Wildman–Crippen MR) is 76.4 cm³/mol. The Morgan fingerprint density at radius 3 is 2.94 bits per heavy atom. The molecule has 1 N–H and O–H groups in total. The third kappa shape index (κ3) is 2.86. The zero-order valence-electron chi connectivity index (χ0n) is 11.3. The number of rotatable bonds is 4. The van der Waals surface area contributed by atoms with Crippen molar-refractivity contribution in [3.05, 3.63) is 11.2 Å². The quantitative estimate of drug-likeness (QED) is 0.911. The highest BCUT2D eigenvalue weighted by Gasteiger charge is 2.27. The number of anilines is 2. The summed E-state index contributed by atoms with van der Waals surface area (Å²) in [6.45, 7) is 9.47. The second-order valence-corrected chi connectivity index (χ2v) is 5.54. The maximum absolute atomic E-state index is 6.21. The highest BCUT2D eigenvalue weighted by atomic mass is 35.5. The van der Waals surface area contributed by atoms with E-state index in [1.807, 2.05) is 6.92 Å². The van der Waals surface area contributed by atoms with Crippen LogP contribution in [-0.4, -0.2) is 29.6 Å². The third-order valence-electron chi connectivity index (χ3n) is 3.53. The Morgan fingerprint density at radius 2 is 2.33 bits per heavy atom. The molecule has 2 heterocycles. The fourth-order valence-electron chi connectivity index (χ4n) is 2.35. The molecule has 1 atom stereocenters. The summed E-state index contributed by atoms with van der Waals surface area (Å²) < 4.78 is 0. The SMILES string of the molecule is CCNc1ncc(Cl)c(N2CCC(C(C)C)C2)n1. The second kappa shape index (κ2) is 5.74. The van der Waals surface area contributed by atoms with Crippen LogP contribution in [0.2, 0.25) is 5.02 Å². The van der Waals surface area contributed by atoms with Crippen LogP contribution in [0.4, 0.5) is 11.8 Å². The first-order valence-electron chi connectivity index (χ1n) is 6.63. The summed E-state index contributed by atoms with van der Waals surface area (Å²) in [6, 6.07) is 0. The van der Waals surface area contributed by atoms with Crippen molar-refractivity contribution >= 4 is 23.4 Å². The lowest BCUT2D eigenvalue weighted by Gasteiger charge is -2.20. The molecule has 100 valence electrons. The lowest BCUT2D eigenvalue weighted by Crippen LogP contribution is -2.23. The van der Waals surface area contributed by atoms with Crippen LogP contribution in [0.15, 0.2) is 6.20 Å². The molecular formula is C13H21ClN4. The van der Waals surface area contributed by atoms with Gasteiger partial charge in [0.25, 0.3) is 0 Å². The van der Waals surface area contributed by atoms with Gasteiger partial charge in [0.05, 0.1) is 6.20 Å². The molecule has 1 unspecified atom stereocenters. The summed E-state index contributed by atoms with van der Waals surface area (Å²) in [5, 5.41) is 3.76. The second-order valence-electron chi connectivity index (χ2n) is 5.13. The average Bonchev–Trinajstić information content (AvgIpc) is 2.81. The molecule has 1 aliphatic heterocycles. The molecule has 0 aromatic carbocycles. The molecule has 0 bridgehead atoms. The predicted octanol–water partition coefficient (Wildman–Crippen LogP) is 3.04. The van der Waals surface area contributed by atoms with Crippen molar-refractivity contribution in [2.45, 2.75) is 27.2 Å². The van der Waals surface area contributed by atoms with E-state index in [-0.39, 0.29) is 0 Å². The maximum atomic E-state index is 6.21. The van der Waals surface area contributed by atoms with Gasteiger partial charge in [-0.25, -0.2) is 4.98 Å². The van der Waals surface area contributed by atoms with Gasteiger partial charge in [-0.2, -0.15) is 4.98 Å². The van der Waals surface area contributed by atoms with E-state index in [1.54, 1.807) is 6.20 Å². The highest BCUT2D eigenvalue weighted by molar-refractivity contribution is 6.32. The number of nitrogens with one attached hydrogen (secondary N) is 1. The lowest BCUT2D eigenvalue weighted by atomic mass is 9.95. The Balaban J connectivity index is 2.15. The Hall–Kier alpha value is -1.03. The largest absolute Gasteiger partial charge is 0.355 e. The number of nitrogens with zero attached hydrogens (tertiary/aromatic N) is 3. The van der Waals surface area contributed by atoms with Crippen molar-refractivity contribution in [1.29, 1.82) is 0 Å². The van der Waals surface area contributed by atoms with Crippen LogP contribution >= 0.6 is 11.6 Å². The summed E-state index contributed by atoms with van der Waals surface area (Å²) in [4.78, 5) is 11.0. The van der Waals surface area contributed by atoms with E-state index in [9.17, 15) is 0 Å². The van der Waals surface area contributed by atoms with Crippen molar-refractivity contribution < 1.29 is 0 Å². The summed E-state index contributed by atoms with van der Waals surface area (Å²) in [6.07, 6.45) is 2.90. The zero-order chi connectivity index (χ0) is 13.1. The summed E-state index contributed by atoms with van der Waals surface area (Å²) >= 11 is 6.21. The fraction of sp³-hybridized carbons (Fsp3) is 0.692. The molecule has 0 amide bonds. The number of hydrogen-bond acceptors (Lipinski definition) is 4. The Kier molecular flexibility index (Phi) is 4.27. The van der Waals surface area contributed by atoms with Gasteiger partial charge in [0, 0.05) is 19.6 Å². The van der Waals surface area contributed by atoms with Gasteiger partial charge >= 0.3 is 0 Å². The number of aromatic nitrogens is 2. The molecule has 18 heavy (non-hydrogen) atoms. The van der Waals surface area contributed by atoms with Gasteiger partial charge in [0.1, 0.15) is 5.02 Å². The van der Waals surface area contributed by atoms with E-state index in [2.05, 4.69) is 34.0 Å². The van der Waals surface area contributed by atoms with Crippen molar-refractivity contribution in [3.63, 3.8) is 0 Å². The van der Waals surface area contributed by atoms with Gasteiger partial charge < -0.3 is 10.2 Å². The molecule has 2 rings (SSSR count). The van der Waals surface area contributed by atoms with E-state index in [0.29, 0.717) is 16.9 Å². The molecule has 1 aromatic heterocycles. The van der Waals surface area contributed by atoms with Crippen LogP contribution in [0.5, 0.6) is 0 Å². The van der Waals surface area contributed by atoms with Gasteiger partial charge in [0.15, 0.2) is 5.82 Å². The third-order valence-corrected chi connectivity index (χ3v) is 3.79. The molecule has 0 spiro atoms. The number of halogens is 1. The molecule has 4 nitrogen and oxygen atoms in total. The monoisotopic (exact) mass is 268 g/mol. The minimum Gasteiger partial charge on any atom is -0.355 e. The van der Waals surface area contributed by atoms with E-state index in [1.165, 1.54) is 6.42 Å². The van der Waals surface area contributed by atoms with Gasteiger partial charge in [0.2, 0.25) is 5.95 Å². The van der Waals surface area contributed by atoms with Crippen LogP contribution < -0.4 is 10.2 Å². The molecule has 1 aliphatic rings. The van der Waals surface area contributed by atoms with Crippen LogP contribution in [0, 0.1) is 11.8 Å². The van der Waals surface area contributed by atoms with E-state index >= 15 is 0 Å². The Bertz CT molecular complexity index is 408. The van der Waals surface area contributed by atoms with Crippen LogP contribution in [0.1, 0.15) is 27.2 Å². The molecular weight excluding hydrogens is 248 g/mol. The minimum atomic E-state index is 0.640. The van der Waals surface area contributed by atoms with Crippen LogP contribution in [0.3, 0.4) is 0 Å². The average molecular weight is 269 g/mol. The van der Waals surface area contributed by atoms with Gasteiger partial charge in [-0.15, -0.1) is 0 Å². The lowest BCUT2D eigenvalue weighted by molar-refractivity contribution is 0.422. The Labute approximate surface area is 114 Å². The first-order chi connectivity index (χ1) is 8.61. The standard InChI is InChI=1S/C13H21ClN4/c1-4-15-13-16-7-11(14)12(17-13)18-6-5-10(8-18)9(2)3/h7,9-10H,4-6,8H2,1-3H3,(H,15,16,17). The minimum absolute atomic E-state index is 0.640. The maximum Gasteiger partial charge on any atom is 0.224 e. The Morgan fingerprint density at radius 1 is 1.56 bits per heavy atom. The van der Waals surface area contributed by atoms with E-state index in [4.69, 9.17) is 11.6 Å². The van der Waals surface area contributed by atoms with Crippen LogP contribution in [0.25, 0.3) is 0 Å². The van der Waals surface area contributed by atoms with Gasteiger partial charge in [-0.3, -0.25) is 0 Å². The smallest absolute Gasteiger partial charge is 0.224 e. The zero-order valence-corrected chi connectivity index (χ0v) is 12.0. The van der Waals surface area contributed by atoms with Gasteiger partial charge in [-0.1, -0.05) is 25.4 Å². The van der Waals surface area contributed by atoms with E-state index < -0.39 is 0 Å². The molecule has 1 saturated heterocycles. The number of hydrogen-bond donors (Lipinski definition) is 1. The first kappa shape index (κ1) is 13.4. The summed E-state index contributed by atoms with van der Waals surface area (Å²) in [5.41, 5.74) is 0. The molecule has 5 heteroatoms. The van der Waals surface area contributed by atoms with Crippen molar-refractivity contribution in [2.75, 3.05) is 29.9 Å². The normalized spacial score (nSPS) is 19.6. The first-order valence-corrected chi connectivity index (χ1v) is 7.01. The molecule has 0 radical (unpaired) electrons. The van der Waals surface area contributed by atoms with Crippen LogP contribution in [-0.2, 0) is 0 Å². The molecule has 1 fully saturated rings. The topological polar surface area (TPSA) is 41.1 Å². The summed E-state index contributed by atoms with van der Waals surface area (Å²) in [7, 11) is 0. The van der Waals surface area contributed by atoms with Crippen molar-refractivity contribution in [3.8, 4) is 0 Å². The fourth-order valence-corrected chi connectivity index (χ4v) is 2.56. The van der Waals surface area contributed by atoms with Crippen molar-refractivity contribution in [2.24, 2.45) is 11.8 Å². The molecule has 1 aromatic rings. The van der Waals surface area contributed by atoms with E-state index in [0.717, 1.165) is 31.4 Å². The molecule has 0 aliphatic carbocycles. The highest BCUT2D eigenvalue weighted by Crippen LogP contribution is 2.31.